The first-order valence-corrected chi connectivity index (χ1v) is 8.59. The number of hydrogen-bond donors (Lipinski definition) is 1. The lowest BCUT2D eigenvalue weighted by atomic mass is 9.98. The van der Waals surface area contributed by atoms with Gasteiger partial charge in [-0.2, -0.15) is 0 Å². The number of ether oxygens (including phenoxy) is 3. The molecule has 24 heavy (non-hydrogen) atoms. The molecule has 0 bridgehead atoms. The first-order valence-electron chi connectivity index (χ1n) is 8.59. The van der Waals surface area contributed by atoms with E-state index < -0.39 is 0 Å². The molecular weight excluding hydrogens is 308 g/mol. The summed E-state index contributed by atoms with van der Waals surface area (Å²) in [5.74, 6) is 1.22. The van der Waals surface area contributed by atoms with Crippen LogP contribution in [0.2, 0.25) is 0 Å². The molecule has 1 fully saturated rings. The van der Waals surface area contributed by atoms with Crippen molar-refractivity contribution in [2.75, 3.05) is 51.9 Å². The number of hydrogen-bond acceptors (Lipinski definition) is 4. The van der Waals surface area contributed by atoms with Crippen molar-refractivity contribution < 1.29 is 19.0 Å². The van der Waals surface area contributed by atoms with Crippen LogP contribution in [-0.2, 0) is 9.47 Å². The van der Waals surface area contributed by atoms with Gasteiger partial charge in [-0.3, -0.25) is 0 Å². The second-order valence-electron chi connectivity index (χ2n) is 5.86. The van der Waals surface area contributed by atoms with Gasteiger partial charge in [-0.05, 0) is 37.8 Å². The Bertz CT molecular complexity index is 502. The number of likely N-dealkylation sites (tertiary alicyclic amines) is 1. The average molecular weight is 336 g/mol. The van der Waals surface area contributed by atoms with E-state index in [1.54, 1.807) is 7.11 Å². The predicted molar refractivity (Wildman–Crippen MR) is 93.6 cm³/mol. The lowest BCUT2D eigenvalue weighted by Crippen LogP contribution is -2.41. The molecule has 0 atom stereocenters. The van der Waals surface area contributed by atoms with Gasteiger partial charge in [0, 0.05) is 26.8 Å². The van der Waals surface area contributed by atoms with Crippen LogP contribution in [0.5, 0.6) is 5.75 Å². The molecule has 1 heterocycles. The third-order valence-electron chi connectivity index (χ3n) is 4.12. The molecule has 2 rings (SSSR count). The van der Waals surface area contributed by atoms with Gasteiger partial charge < -0.3 is 24.4 Å². The minimum atomic E-state index is -0.0686. The molecule has 0 aliphatic carbocycles. The number of anilines is 1. The van der Waals surface area contributed by atoms with Crippen LogP contribution in [0.4, 0.5) is 10.5 Å². The summed E-state index contributed by atoms with van der Waals surface area (Å²) in [7, 11) is 1.67. The smallest absolute Gasteiger partial charge is 0.321 e. The molecule has 0 unspecified atom stereocenters. The number of rotatable bonds is 8. The molecule has 0 spiro atoms. The SMILES string of the molecule is CCOc1ccccc1NC(=O)N1CCC(COCCOC)CC1. The van der Waals surface area contributed by atoms with Crippen LogP contribution in [0.15, 0.2) is 24.3 Å². The number of piperidine rings is 1. The molecule has 0 aromatic heterocycles. The minimum Gasteiger partial charge on any atom is -0.492 e. The highest BCUT2D eigenvalue weighted by molar-refractivity contribution is 5.91. The number of nitrogens with zero attached hydrogens (tertiary/aromatic N) is 1. The van der Waals surface area contributed by atoms with Gasteiger partial charge in [0.25, 0.3) is 0 Å². The third-order valence-corrected chi connectivity index (χ3v) is 4.12. The Morgan fingerprint density at radius 1 is 1.25 bits per heavy atom. The number of carbonyl (C=O) groups is 1. The zero-order valence-electron chi connectivity index (χ0n) is 14.6. The van der Waals surface area contributed by atoms with Crippen LogP contribution in [-0.4, -0.2) is 57.6 Å². The summed E-state index contributed by atoms with van der Waals surface area (Å²) in [6, 6.07) is 7.44. The fourth-order valence-corrected chi connectivity index (χ4v) is 2.74. The van der Waals surface area contributed by atoms with Crippen molar-refractivity contribution in [3.05, 3.63) is 24.3 Å². The van der Waals surface area contributed by atoms with E-state index in [4.69, 9.17) is 14.2 Å². The van der Waals surface area contributed by atoms with Gasteiger partial charge in [0.15, 0.2) is 0 Å². The van der Waals surface area contributed by atoms with E-state index in [-0.39, 0.29) is 6.03 Å². The standard InChI is InChI=1S/C18H28N2O4/c1-3-24-17-7-5-4-6-16(17)19-18(21)20-10-8-15(9-11-20)14-23-13-12-22-2/h4-7,15H,3,8-14H2,1-2H3,(H,19,21). The molecule has 2 amide bonds. The van der Waals surface area contributed by atoms with Crippen molar-refractivity contribution in [3.63, 3.8) is 0 Å². The summed E-state index contributed by atoms with van der Waals surface area (Å²) >= 11 is 0. The van der Waals surface area contributed by atoms with Crippen molar-refractivity contribution in [1.29, 1.82) is 0 Å². The summed E-state index contributed by atoms with van der Waals surface area (Å²) in [6.45, 7) is 6.00. The van der Waals surface area contributed by atoms with Gasteiger partial charge in [-0.25, -0.2) is 4.79 Å². The molecule has 1 saturated heterocycles. The van der Waals surface area contributed by atoms with Crippen LogP contribution in [0, 0.1) is 5.92 Å². The minimum absolute atomic E-state index is 0.0686. The van der Waals surface area contributed by atoms with E-state index in [9.17, 15) is 4.79 Å². The zero-order valence-corrected chi connectivity index (χ0v) is 14.6. The number of urea groups is 1. The molecular formula is C18H28N2O4. The Kier molecular flexibility index (Phi) is 7.85. The molecule has 0 saturated carbocycles. The second-order valence-corrected chi connectivity index (χ2v) is 5.86. The van der Waals surface area contributed by atoms with Crippen molar-refractivity contribution in [3.8, 4) is 5.75 Å². The Labute approximate surface area is 144 Å². The van der Waals surface area contributed by atoms with Crippen molar-refractivity contribution >= 4 is 11.7 Å². The molecule has 1 aliphatic heterocycles. The van der Waals surface area contributed by atoms with Crippen molar-refractivity contribution in [2.45, 2.75) is 19.8 Å². The monoisotopic (exact) mass is 336 g/mol. The summed E-state index contributed by atoms with van der Waals surface area (Å²) in [5, 5.41) is 2.95. The Morgan fingerprint density at radius 2 is 2.00 bits per heavy atom. The zero-order chi connectivity index (χ0) is 17.2. The Hall–Kier alpha value is -1.79. The summed E-state index contributed by atoms with van der Waals surface area (Å²) in [5.41, 5.74) is 0.717. The Balaban J connectivity index is 1.77. The highest BCUT2D eigenvalue weighted by atomic mass is 16.5. The highest BCUT2D eigenvalue weighted by Gasteiger charge is 2.23. The maximum absolute atomic E-state index is 12.4. The Morgan fingerprint density at radius 3 is 2.71 bits per heavy atom. The van der Waals surface area contributed by atoms with E-state index in [0.717, 1.165) is 38.2 Å². The van der Waals surface area contributed by atoms with Crippen LogP contribution >= 0.6 is 0 Å². The molecule has 1 aliphatic rings. The lowest BCUT2D eigenvalue weighted by molar-refractivity contribution is 0.0386. The third kappa shape index (κ3) is 5.69. The van der Waals surface area contributed by atoms with Crippen LogP contribution in [0.3, 0.4) is 0 Å². The molecule has 6 nitrogen and oxygen atoms in total. The largest absolute Gasteiger partial charge is 0.492 e. The van der Waals surface area contributed by atoms with Gasteiger partial charge >= 0.3 is 6.03 Å². The van der Waals surface area contributed by atoms with E-state index in [1.807, 2.05) is 36.1 Å². The van der Waals surface area contributed by atoms with E-state index in [1.165, 1.54) is 0 Å². The lowest BCUT2D eigenvalue weighted by Gasteiger charge is -2.32. The summed E-state index contributed by atoms with van der Waals surface area (Å²) in [4.78, 5) is 14.3. The van der Waals surface area contributed by atoms with Crippen LogP contribution < -0.4 is 10.1 Å². The first-order chi connectivity index (χ1) is 11.7. The number of amides is 2. The molecule has 1 aromatic rings. The van der Waals surface area contributed by atoms with E-state index in [0.29, 0.717) is 31.5 Å². The predicted octanol–water partition coefficient (Wildman–Crippen LogP) is 2.99. The molecule has 1 N–H and O–H groups in total. The fraction of sp³-hybridized carbons (Fsp3) is 0.611. The quantitative estimate of drug-likeness (QED) is 0.742. The molecule has 1 aromatic carbocycles. The number of nitrogens with one attached hydrogen (secondary N) is 1. The molecule has 134 valence electrons. The fourth-order valence-electron chi connectivity index (χ4n) is 2.74. The van der Waals surface area contributed by atoms with Crippen molar-refractivity contribution in [1.82, 2.24) is 4.90 Å². The van der Waals surface area contributed by atoms with E-state index in [2.05, 4.69) is 5.32 Å². The van der Waals surface area contributed by atoms with Gasteiger partial charge in [-0.1, -0.05) is 12.1 Å². The van der Waals surface area contributed by atoms with Gasteiger partial charge in [0.05, 0.1) is 25.5 Å². The topological polar surface area (TPSA) is 60.0 Å². The summed E-state index contributed by atoms with van der Waals surface area (Å²) < 4.78 is 16.1. The van der Waals surface area contributed by atoms with E-state index >= 15 is 0 Å². The van der Waals surface area contributed by atoms with Gasteiger partial charge in [0.2, 0.25) is 0 Å². The number of para-hydroxylation sites is 2. The number of carbonyl (C=O) groups excluding carboxylic acids is 1. The maximum atomic E-state index is 12.4. The summed E-state index contributed by atoms with van der Waals surface area (Å²) in [6.07, 6.45) is 1.93. The number of methoxy groups -OCH3 is 1. The average Bonchev–Trinajstić information content (AvgIpc) is 2.61. The maximum Gasteiger partial charge on any atom is 0.321 e. The highest BCUT2D eigenvalue weighted by Crippen LogP contribution is 2.25. The first kappa shape index (κ1) is 18.5. The number of benzene rings is 1. The second kappa shape index (κ2) is 10.2. The van der Waals surface area contributed by atoms with Gasteiger partial charge in [-0.15, -0.1) is 0 Å². The normalized spacial score (nSPS) is 15.3. The van der Waals surface area contributed by atoms with Crippen molar-refractivity contribution in [2.24, 2.45) is 5.92 Å². The van der Waals surface area contributed by atoms with Gasteiger partial charge in [0.1, 0.15) is 5.75 Å². The van der Waals surface area contributed by atoms with Crippen LogP contribution in [0.25, 0.3) is 0 Å². The molecule has 0 radical (unpaired) electrons. The molecule has 6 heteroatoms. The van der Waals surface area contributed by atoms with Crippen LogP contribution in [0.1, 0.15) is 19.8 Å².